The van der Waals surface area contributed by atoms with Crippen LogP contribution in [0.2, 0.25) is 0 Å². The number of hydrogen-bond acceptors (Lipinski definition) is 3. The average molecular weight is 496 g/mol. The van der Waals surface area contributed by atoms with Crippen molar-refractivity contribution in [3.05, 3.63) is 88.5 Å². The topological polar surface area (TPSA) is 66.5 Å². The molecule has 0 bridgehead atoms. The van der Waals surface area contributed by atoms with Crippen LogP contribution in [-0.2, 0) is 16.9 Å². The summed E-state index contributed by atoms with van der Waals surface area (Å²) in [6.45, 7) is 3.34. The van der Waals surface area contributed by atoms with Gasteiger partial charge in [-0.1, -0.05) is 57.3 Å². The number of ketones is 1. The molecule has 0 radical (unpaired) electrons. The third kappa shape index (κ3) is 6.37. The zero-order valence-corrected chi connectivity index (χ0v) is 21.1. The molecule has 1 N–H and O–H groups in total. The molecule has 0 heterocycles. The minimum atomic E-state index is -3.05. The minimum absolute atomic E-state index is 0.0419. The molecule has 1 atom stereocenters. The number of alkyl halides is 2. The van der Waals surface area contributed by atoms with Gasteiger partial charge in [0.2, 0.25) is 0 Å². The standard InChI is InChI=1S/C27H27F2N2O3P/c1-16-5-11-21(22(13-16)19-7-9-20(10-8-19)27(28,29)35)25(33)30-24-12-6-18(14-17(2)32)15-23(24)26(34)31(3)4/h5-13,15H,14,35H2,1-4H3,(H,30,33). The van der Waals surface area contributed by atoms with E-state index in [4.69, 9.17) is 0 Å². The quantitative estimate of drug-likeness (QED) is 0.429. The predicted octanol–water partition coefficient (Wildman–Crippen LogP) is 5.67. The number of anilines is 1. The number of rotatable bonds is 7. The van der Waals surface area contributed by atoms with E-state index in [0.717, 1.165) is 5.56 Å². The normalized spacial score (nSPS) is 11.2. The maximum Gasteiger partial charge on any atom is 0.283 e. The molecule has 1 unspecified atom stereocenters. The van der Waals surface area contributed by atoms with Gasteiger partial charge in [-0.2, -0.15) is 8.78 Å². The van der Waals surface area contributed by atoms with Crippen molar-refractivity contribution < 1.29 is 23.2 Å². The average Bonchev–Trinajstić information content (AvgIpc) is 2.78. The smallest absolute Gasteiger partial charge is 0.283 e. The number of halogens is 2. The Balaban J connectivity index is 2.00. The molecular weight excluding hydrogens is 469 g/mol. The van der Waals surface area contributed by atoms with Crippen LogP contribution in [0.5, 0.6) is 0 Å². The highest BCUT2D eigenvalue weighted by atomic mass is 31.0. The summed E-state index contributed by atoms with van der Waals surface area (Å²) in [6.07, 6.45) is 0.176. The summed E-state index contributed by atoms with van der Waals surface area (Å²) in [6, 6.07) is 15.9. The number of nitrogens with one attached hydrogen (secondary N) is 1. The minimum Gasteiger partial charge on any atom is -0.345 e. The number of carbonyl (C=O) groups is 3. The van der Waals surface area contributed by atoms with Gasteiger partial charge in [0.1, 0.15) is 5.78 Å². The summed E-state index contributed by atoms with van der Waals surface area (Å²) in [5.74, 6) is -0.809. The van der Waals surface area contributed by atoms with Crippen molar-refractivity contribution in [3.63, 3.8) is 0 Å². The van der Waals surface area contributed by atoms with Crippen LogP contribution in [0.25, 0.3) is 11.1 Å². The molecular formula is C27H27F2N2O3P. The number of nitrogens with zero attached hydrogens (tertiary/aromatic N) is 1. The fourth-order valence-electron chi connectivity index (χ4n) is 3.67. The lowest BCUT2D eigenvalue weighted by Gasteiger charge is -2.17. The molecule has 3 aromatic carbocycles. The van der Waals surface area contributed by atoms with E-state index in [2.05, 4.69) is 5.32 Å². The third-order valence-corrected chi connectivity index (χ3v) is 5.76. The van der Waals surface area contributed by atoms with E-state index in [1.807, 2.05) is 13.0 Å². The highest BCUT2D eigenvalue weighted by Gasteiger charge is 2.24. The Hall–Kier alpha value is -3.44. The van der Waals surface area contributed by atoms with Crippen LogP contribution >= 0.6 is 9.24 Å². The molecule has 0 saturated heterocycles. The maximum atomic E-state index is 13.6. The van der Waals surface area contributed by atoms with Crippen LogP contribution in [-0.4, -0.2) is 36.6 Å². The second-order valence-electron chi connectivity index (χ2n) is 8.66. The molecule has 0 fully saturated rings. The number of benzene rings is 3. The van der Waals surface area contributed by atoms with Crippen molar-refractivity contribution in [1.82, 2.24) is 4.90 Å². The lowest BCUT2D eigenvalue weighted by Crippen LogP contribution is -2.24. The van der Waals surface area contributed by atoms with E-state index in [9.17, 15) is 23.2 Å². The largest absolute Gasteiger partial charge is 0.345 e. The van der Waals surface area contributed by atoms with Gasteiger partial charge in [-0.15, -0.1) is 0 Å². The van der Waals surface area contributed by atoms with E-state index in [1.54, 1.807) is 56.6 Å². The molecule has 0 saturated carbocycles. The molecule has 3 rings (SSSR count). The van der Waals surface area contributed by atoms with Gasteiger partial charge in [0, 0.05) is 31.6 Å². The van der Waals surface area contributed by atoms with Gasteiger partial charge in [0.05, 0.1) is 11.3 Å². The highest BCUT2D eigenvalue weighted by molar-refractivity contribution is 7.17. The van der Waals surface area contributed by atoms with Crippen LogP contribution in [0.15, 0.2) is 60.7 Å². The molecule has 5 nitrogen and oxygen atoms in total. The van der Waals surface area contributed by atoms with Crippen molar-refractivity contribution >= 4 is 32.5 Å². The molecule has 35 heavy (non-hydrogen) atoms. The first-order valence-corrected chi connectivity index (χ1v) is 11.5. The summed E-state index contributed by atoms with van der Waals surface area (Å²) >= 11 is 0. The van der Waals surface area contributed by atoms with E-state index >= 15 is 0 Å². The predicted molar refractivity (Wildman–Crippen MR) is 137 cm³/mol. The Kier molecular flexibility index (Phi) is 7.81. The van der Waals surface area contributed by atoms with Crippen molar-refractivity contribution in [2.24, 2.45) is 0 Å². The lowest BCUT2D eigenvalue weighted by atomic mass is 9.96. The van der Waals surface area contributed by atoms with Crippen molar-refractivity contribution in [3.8, 4) is 11.1 Å². The third-order valence-electron chi connectivity index (χ3n) is 5.42. The van der Waals surface area contributed by atoms with Crippen molar-refractivity contribution in [2.75, 3.05) is 19.4 Å². The fraction of sp³-hybridized carbons (Fsp3) is 0.222. The van der Waals surface area contributed by atoms with Gasteiger partial charge >= 0.3 is 0 Å². The number of amides is 2. The molecule has 8 heteroatoms. The van der Waals surface area contributed by atoms with E-state index < -0.39 is 11.6 Å². The van der Waals surface area contributed by atoms with Gasteiger partial charge in [-0.3, -0.25) is 14.4 Å². The van der Waals surface area contributed by atoms with Gasteiger partial charge in [0.25, 0.3) is 17.5 Å². The summed E-state index contributed by atoms with van der Waals surface area (Å²) < 4.78 is 27.2. The highest BCUT2D eigenvalue weighted by Crippen LogP contribution is 2.36. The fourth-order valence-corrected chi connectivity index (χ4v) is 3.86. The van der Waals surface area contributed by atoms with Crippen molar-refractivity contribution in [2.45, 2.75) is 25.9 Å². The van der Waals surface area contributed by atoms with Crippen LogP contribution < -0.4 is 5.32 Å². The second kappa shape index (κ2) is 10.4. The molecule has 2 amide bonds. The van der Waals surface area contributed by atoms with Crippen LogP contribution in [0, 0.1) is 6.92 Å². The number of carbonyl (C=O) groups excluding carboxylic acids is 3. The zero-order chi connectivity index (χ0) is 25.9. The number of Topliss-reactive ketones (excluding diaryl/α,β-unsaturated/α-hetero) is 1. The Morgan fingerprint density at radius 3 is 2.17 bits per heavy atom. The summed E-state index contributed by atoms with van der Waals surface area (Å²) in [5, 5.41) is 2.81. The molecule has 0 aromatic heterocycles. The van der Waals surface area contributed by atoms with Gasteiger partial charge in [-0.05, 0) is 48.7 Å². The summed E-state index contributed by atoms with van der Waals surface area (Å²) in [5.41, 5.74) is 0.465. The zero-order valence-electron chi connectivity index (χ0n) is 20.0. The number of aryl methyl sites for hydroxylation is 1. The van der Waals surface area contributed by atoms with Gasteiger partial charge in [-0.25, -0.2) is 0 Å². The number of hydrogen-bond donors (Lipinski definition) is 1. The van der Waals surface area contributed by atoms with E-state index in [-0.39, 0.29) is 29.2 Å². The molecule has 0 aliphatic heterocycles. The first kappa shape index (κ1) is 26.2. The lowest BCUT2D eigenvalue weighted by molar-refractivity contribution is -0.116. The van der Waals surface area contributed by atoms with Crippen LogP contribution in [0.4, 0.5) is 14.5 Å². The maximum absolute atomic E-state index is 13.6. The second-order valence-corrected chi connectivity index (χ2v) is 9.39. The molecule has 182 valence electrons. The Labute approximate surface area is 205 Å². The van der Waals surface area contributed by atoms with Gasteiger partial charge < -0.3 is 10.2 Å². The van der Waals surface area contributed by atoms with Crippen molar-refractivity contribution in [1.29, 1.82) is 0 Å². The van der Waals surface area contributed by atoms with Gasteiger partial charge in [0.15, 0.2) is 0 Å². The monoisotopic (exact) mass is 496 g/mol. The molecule has 0 aliphatic carbocycles. The molecule has 3 aromatic rings. The summed E-state index contributed by atoms with van der Waals surface area (Å²) in [4.78, 5) is 39.1. The van der Waals surface area contributed by atoms with Crippen LogP contribution in [0.3, 0.4) is 0 Å². The SMILES string of the molecule is CC(=O)Cc1ccc(NC(=O)c2ccc(C)cc2-c2ccc(C(F)(F)P)cc2)c(C(=O)N(C)C)c1. The van der Waals surface area contributed by atoms with E-state index in [1.165, 1.54) is 33.2 Å². The first-order valence-electron chi connectivity index (χ1n) is 10.9. The summed E-state index contributed by atoms with van der Waals surface area (Å²) in [7, 11) is 4.72. The Bertz CT molecular complexity index is 1280. The Morgan fingerprint density at radius 2 is 1.60 bits per heavy atom. The molecule has 0 aliphatic rings. The van der Waals surface area contributed by atoms with E-state index in [0.29, 0.717) is 27.9 Å². The molecule has 0 spiro atoms. The first-order chi connectivity index (χ1) is 16.4. The van der Waals surface area contributed by atoms with Crippen LogP contribution in [0.1, 0.15) is 44.3 Å². The Morgan fingerprint density at radius 1 is 0.943 bits per heavy atom.